The first-order valence-electron chi connectivity index (χ1n) is 8.00. The number of hydrogen-bond acceptors (Lipinski definition) is 5. The summed E-state index contributed by atoms with van der Waals surface area (Å²) in [5, 5.41) is 0. The van der Waals surface area contributed by atoms with Gasteiger partial charge in [0.1, 0.15) is 5.76 Å². The molecule has 0 aliphatic carbocycles. The Balaban J connectivity index is 1.93. The number of aromatic nitrogens is 1. The van der Waals surface area contributed by atoms with Crippen LogP contribution in [0.25, 0.3) is 0 Å². The monoisotopic (exact) mass is 342 g/mol. The second-order valence-corrected chi connectivity index (χ2v) is 9.66. The maximum absolute atomic E-state index is 12.3. The molecule has 2 heterocycles. The molecule has 130 valence electrons. The van der Waals surface area contributed by atoms with Gasteiger partial charge in [-0.1, -0.05) is 27.7 Å². The van der Waals surface area contributed by atoms with E-state index in [9.17, 15) is 13.2 Å². The van der Waals surface area contributed by atoms with E-state index in [0.717, 1.165) is 5.76 Å². The third kappa shape index (κ3) is 5.06. The Kier molecular flexibility index (Phi) is 5.18. The minimum Gasteiger partial charge on any atom is -0.445 e. The predicted molar refractivity (Wildman–Crippen MR) is 87.9 cm³/mol. The maximum atomic E-state index is 12.3. The molecule has 0 aromatic carbocycles. The van der Waals surface area contributed by atoms with E-state index in [-0.39, 0.29) is 41.7 Å². The van der Waals surface area contributed by atoms with Crippen LogP contribution in [-0.4, -0.2) is 48.8 Å². The highest BCUT2D eigenvalue weighted by Crippen LogP contribution is 2.23. The standard InChI is InChI=1S/C16H26N2O4S/c1-12-10-18(7-8-23(20,21)11-12)15(19)6-5-14-17-9-13(22-14)16(2,3)4/h9,12H,5-8,10-11H2,1-4H3. The lowest BCUT2D eigenvalue weighted by molar-refractivity contribution is -0.131. The molecule has 1 fully saturated rings. The zero-order valence-corrected chi connectivity index (χ0v) is 15.1. The van der Waals surface area contributed by atoms with Gasteiger partial charge in [0.05, 0.1) is 17.7 Å². The highest BCUT2D eigenvalue weighted by molar-refractivity contribution is 7.91. The van der Waals surface area contributed by atoms with Crippen molar-refractivity contribution in [3.8, 4) is 0 Å². The van der Waals surface area contributed by atoms with Crippen molar-refractivity contribution in [2.24, 2.45) is 5.92 Å². The molecule has 0 bridgehead atoms. The van der Waals surface area contributed by atoms with Gasteiger partial charge in [-0.15, -0.1) is 0 Å². The van der Waals surface area contributed by atoms with Crippen molar-refractivity contribution < 1.29 is 17.6 Å². The van der Waals surface area contributed by atoms with Crippen LogP contribution >= 0.6 is 0 Å². The molecular formula is C16H26N2O4S. The third-order valence-electron chi connectivity index (χ3n) is 3.94. The minimum absolute atomic E-state index is 0.0271. The number of rotatable bonds is 3. The molecule has 1 aliphatic rings. The lowest BCUT2D eigenvalue weighted by Gasteiger charge is -2.21. The molecule has 23 heavy (non-hydrogen) atoms. The molecule has 1 aromatic heterocycles. The number of oxazole rings is 1. The molecule has 1 amide bonds. The number of aryl methyl sites for hydroxylation is 1. The zero-order valence-electron chi connectivity index (χ0n) is 14.3. The van der Waals surface area contributed by atoms with E-state index >= 15 is 0 Å². The van der Waals surface area contributed by atoms with E-state index in [1.54, 1.807) is 11.1 Å². The summed E-state index contributed by atoms with van der Waals surface area (Å²) in [6.45, 7) is 8.78. The first-order valence-corrected chi connectivity index (χ1v) is 9.82. The SMILES string of the molecule is CC1CN(C(=O)CCc2ncc(C(C)(C)C)o2)CCS(=O)(=O)C1. The van der Waals surface area contributed by atoms with Crippen LogP contribution in [0.15, 0.2) is 10.6 Å². The van der Waals surface area contributed by atoms with Gasteiger partial charge < -0.3 is 9.32 Å². The zero-order chi connectivity index (χ0) is 17.3. The largest absolute Gasteiger partial charge is 0.445 e. The molecule has 1 aromatic rings. The first kappa shape index (κ1) is 18.0. The molecule has 1 atom stereocenters. The lowest BCUT2D eigenvalue weighted by atomic mass is 9.94. The van der Waals surface area contributed by atoms with Crippen molar-refractivity contribution in [3.05, 3.63) is 17.8 Å². The topological polar surface area (TPSA) is 80.5 Å². The number of carbonyl (C=O) groups is 1. The van der Waals surface area contributed by atoms with E-state index < -0.39 is 9.84 Å². The molecule has 0 saturated carbocycles. The summed E-state index contributed by atoms with van der Waals surface area (Å²) >= 11 is 0. The van der Waals surface area contributed by atoms with Gasteiger partial charge in [0.25, 0.3) is 0 Å². The normalized spacial score (nSPS) is 21.9. The van der Waals surface area contributed by atoms with E-state index in [2.05, 4.69) is 4.98 Å². The molecule has 0 radical (unpaired) electrons. The molecule has 1 unspecified atom stereocenters. The van der Waals surface area contributed by atoms with Crippen molar-refractivity contribution in [2.75, 3.05) is 24.6 Å². The molecule has 7 heteroatoms. The first-order chi connectivity index (χ1) is 10.6. The quantitative estimate of drug-likeness (QED) is 0.837. The summed E-state index contributed by atoms with van der Waals surface area (Å²) in [7, 11) is -3.04. The van der Waals surface area contributed by atoms with Crippen molar-refractivity contribution in [3.63, 3.8) is 0 Å². The van der Waals surface area contributed by atoms with Crippen molar-refractivity contribution >= 4 is 15.7 Å². The Bertz CT molecular complexity index is 658. The Labute approximate surface area is 138 Å². The lowest BCUT2D eigenvalue weighted by Crippen LogP contribution is -2.35. The summed E-state index contributed by atoms with van der Waals surface area (Å²) in [5.41, 5.74) is -0.107. The van der Waals surface area contributed by atoms with Crippen molar-refractivity contribution in [2.45, 2.75) is 46.0 Å². The summed E-state index contributed by atoms with van der Waals surface area (Å²) in [6.07, 6.45) is 2.43. The number of sulfone groups is 1. The summed E-state index contributed by atoms with van der Waals surface area (Å²) in [6, 6.07) is 0. The second kappa shape index (κ2) is 6.63. The third-order valence-corrected chi connectivity index (χ3v) is 5.82. The fourth-order valence-electron chi connectivity index (χ4n) is 2.66. The molecule has 6 nitrogen and oxygen atoms in total. The van der Waals surface area contributed by atoms with E-state index in [1.807, 2.05) is 27.7 Å². The maximum Gasteiger partial charge on any atom is 0.223 e. The van der Waals surface area contributed by atoms with Crippen LogP contribution in [0, 0.1) is 5.92 Å². The van der Waals surface area contributed by atoms with Crippen molar-refractivity contribution in [1.29, 1.82) is 0 Å². The van der Waals surface area contributed by atoms with Gasteiger partial charge >= 0.3 is 0 Å². The fraction of sp³-hybridized carbons (Fsp3) is 0.750. The van der Waals surface area contributed by atoms with E-state index in [1.165, 1.54) is 0 Å². The van der Waals surface area contributed by atoms with Gasteiger partial charge in [-0.05, 0) is 5.92 Å². The summed E-state index contributed by atoms with van der Waals surface area (Å²) in [5.74, 6) is 1.50. The highest BCUT2D eigenvalue weighted by Gasteiger charge is 2.27. The number of hydrogen-bond donors (Lipinski definition) is 0. The van der Waals surface area contributed by atoms with Crippen LogP contribution in [0.5, 0.6) is 0 Å². The second-order valence-electron chi connectivity index (χ2n) is 7.43. The van der Waals surface area contributed by atoms with Crippen LogP contribution in [0.4, 0.5) is 0 Å². The number of carbonyl (C=O) groups excluding carboxylic acids is 1. The van der Waals surface area contributed by atoms with Crippen molar-refractivity contribution in [1.82, 2.24) is 9.88 Å². The Morgan fingerprint density at radius 2 is 2.13 bits per heavy atom. The molecule has 0 spiro atoms. The van der Waals surface area contributed by atoms with Crippen LogP contribution in [0.1, 0.15) is 45.8 Å². The Hall–Kier alpha value is -1.37. The van der Waals surface area contributed by atoms with Gasteiger partial charge in [0, 0.05) is 31.3 Å². The van der Waals surface area contributed by atoms with Gasteiger partial charge in [-0.25, -0.2) is 13.4 Å². The molecule has 1 aliphatic heterocycles. The van der Waals surface area contributed by atoms with Crippen LogP contribution < -0.4 is 0 Å². The van der Waals surface area contributed by atoms with Gasteiger partial charge in [-0.2, -0.15) is 0 Å². The number of amides is 1. The minimum atomic E-state index is -3.04. The van der Waals surface area contributed by atoms with Gasteiger partial charge in [0.15, 0.2) is 15.7 Å². The predicted octanol–water partition coefficient (Wildman–Crippen LogP) is 1.80. The smallest absolute Gasteiger partial charge is 0.223 e. The van der Waals surface area contributed by atoms with Crippen LogP contribution in [0.2, 0.25) is 0 Å². The average molecular weight is 342 g/mol. The summed E-state index contributed by atoms with van der Waals surface area (Å²) < 4.78 is 29.2. The highest BCUT2D eigenvalue weighted by atomic mass is 32.2. The van der Waals surface area contributed by atoms with E-state index in [0.29, 0.717) is 18.9 Å². The number of nitrogens with zero attached hydrogens (tertiary/aromatic N) is 2. The molecule has 1 saturated heterocycles. The molecular weight excluding hydrogens is 316 g/mol. The van der Waals surface area contributed by atoms with E-state index in [4.69, 9.17) is 4.42 Å². The fourth-order valence-corrected chi connectivity index (χ4v) is 4.30. The van der Waals surface area contributed by atoms with Crippen LogP contribution in [0.3, 0.4) is 0 Å². The van der Waals surface area contributed by atoms with Crippen LogP contribution in [-0.2, 0) is 26.5 Å². The Morgan fingerprint density at radius 1 is 1.43 bits per heavy atom. The average Bonchev–Trinajstić information content (AvgIpc) is 2.83. The molecule has 0 N–H and O–H groups in total. The Morgan fingerprint density at radius 3 is 2.74 bits per heavy atom. The van der Waals surface area contributed by atoms with Gasteiger partial charge in [-0.3, -0.25) is 4.79 Å². The van der Waals surface area contributed by atoms with Gasteiger partial charge in [0.2, 0.25) is 5.91 Å². The molecule has 2 rings (SSSR count). The summed E-state index contributed by atoms with van der Waals surface area (Å²) in [4.78, 5) is 18.2.